The van der Waals surface area contributed by atoms with E-state index in [2.05, 4.69) is 44.4 Å². The van der Waals surface area contributed by atoms with Crippen molar-refractivity contribution in [3.05, 3.63) is 58.6 Å². The number of amides is 1. The standard InChI is InChI=1S/C21H27ClN10O/c1-12(2)15-11-32(31-30-15)10-6-9-14(13-7-4-3-5-8-13)26-21(25)29-20(33)16-18(23)28-19(24)17(22)27-16/h3-5,7-8,11-12,14H,6,9-10H2,1-2H3,(H4,23,24,28)(H3,25,26,29,33). The van der Waals surface area contributed by atoms with Crippen molar-refractivity contribution in [2.24, 2.45) is 10.7 Å². The first-order valence-electron chi connectivity index (χ1n) is 10.4. The Hall–Kier alpha value is -3.73. The molecule has 1 amide bonds. The summed E-state index contributed by atoms with van der Waals surface area (Å²) in [6.07, 6.45) is 3.45. The molecule has 2 aromatic heterocycles. The molecular weight excluding hydrogens is 444 g/mol. The monoisotopic (exact) mass is 470 g/mol. The lowest BCUT2D eigenvalue weighted by Crippen LogP contribution is -2.36. The summed E-state index contributed by atoms with van der Waals surface area (Å²) >= 11 is 5.84. The number of hydrogen-bond donors (Lipinski definition) is 4. The summed E-state index contributed by atoms with van der Waals surface area (Å²) in [5.74, 6) is -0.779. The van der Waals surface area contributed by atoms with Gasteiger partial charge in [0, 0.05) is 12.7 Å². The molecule has 0 aliphatic heterocycles. The maximum atomic E-state index is 12.5. The normalized spacial score (nSPS) is 12.7. The number of anilines is 2. The molecule has 0 bridgehead atoms. The fourth-order valence-corrected chi connectivity index (χ4v) is 3.25. The number of rotatable bonds is 8. The average Bonchev–Trinajstić information content (AvgIpc) is 3.25. The molecule has 0 radical (unpaired) electrons. The number of aliphatic imine (C=N–C) groups is 1. The van der Waals surface area contributed by atoms with E-state index in [4.69, 9.17) is 28.8 Å². The van der Waals surface area contributed by atoms with Crippen LogP contribution in [0.2, 0.25) is 5.15 Å². The van der Waals surface area contributed by atoms with Crippen molar-refractivity contribution in [3.63, 3.8) is 0 Å². The lowest BCUT2D eigenvalue weighted by atomic mass is 10.0. The minimum atomic E-state index is -0.775. The highest BCUT2D eigenvalue weighted by molar-refractivity contribution is 6.31. The molecule has 1 unspecified atom stereocenters. The number of nitrogens with zero attached hydrogens (tertiary/aromatic N) is 6. The third-order valence-electron chi connectivity index (χ3n) is 4.88. The van der Waals surface area contributed by atoms with Crippen molar-refractivity contribution in [1.29, 1.82) is 0 Å². The minimum Gasteiger partial charge on any atom is -0.382 e. The first kappa shape index (κ1) is 23.9. The van der Waals surface area contributed by atoms with Crippen molar-refractivity contribution >= 4 is 35.1 Å². The number of carbonyl (C=O) groups is 1. The quantitative estimate of drug-likeness (QED) is 0.284. The lowest BCUT2D eigenvalue weighted by molar-refractivity contribution is 0.0998. The Balaban J connectivity index is 1.70. The molecule has 12 heteroatoms. The molecule has 0 aliphatic carbocycles. The van der Waals surface area contributed by atoms with Gasteiger partial charge in [0.1, 0.15) is 0 Å². The number of aryl methyl sites for hydroxylation is 1. The zero-order chi connectivity index (χ0) is 24.0. The van der Waals surface area contributed by atoms with Crippen LogP contribution in [0.15, 0.2) is 41.5 Å². The Kier molecular flexibility index (Phi) is 7.78. The highest BCUT2D eigenvalue weighted by Crippen LogP contribution is 2.20. The number of carbonyl (C=O) groups excluding carboxylic acids is 1. The summed E-state index contributed by atoms with van der Waals surface area (Å²) in [5.41, 5.74) is 19.0. The van der Waals surface area contributed by atoms with E-state index in [-0.39, 0.29) is 34.5 Å². The zero-order valence-electron chi connectivity index (χ0n) is 18.4. The summed E-state index contributed by atoms with van der Waals surface area (Å²) in [6, 6.07) is 9.55. The molecule has 0 aliphatic rings. The van der Waals surface area contributed by atoms with Gasteiger partial charge in [0.15, 0.2) is 28.4 Å². The minimum absolute atomic E-state index is 0.0715. The number of nitrogens with one attached hydrogen (secondary N) is 1. The SMILES string of the molecule is CC(C)c1cn(CCCC(N/C(N)=N/C(=O)c2nc(Cl)c(N)nc2N)c2ccccc2)nn1. The second-order valence-corrected chi connectivity index (χ2v) is 8.10. The van der Waals surface area contributed by atoms with Crippen LogP contribution < -0.4 is 22.5 Å². The Labute approximate surface area is 196 Å². The molecule has 33 heavy (non-hydrogen) atoms. The van der Waals surface area contributed by atoms with Crippen molar-refractivity contribution in [2.75, 3.05) is 11.5 Å². The molecule has 0 saturated heterocycles. The first-order chi connectivity index (χ1) is 15.7. The third kappa shape index (κ3) is 6.39. The molecule has 0 fully saturated rings. The van der Waals surface area contributed by atoms with Crippen LogP contribution in [0, 0.1) is 0 Å². The van der Waals surface area contributed by atoms with Gasteiger partial charge < -0.3 is 22.5 Å². The maximum Gasteiger partial charge on any atom is 0.302 e. The predicted octanol–water partition coefficient (Wildman–Crippen LogP) is 2.28. The Bertz CT molecular complexity index is 1130. The number of nitrogens with two attached hydrogens (primary N) is 3. The zero-order valence-corrected chi connectivity index (χ0v) is 19.2. The third-order valence-corrected chi connectivity index (χ3v) is 5.16. The second kappa shape index (κ2) is 10.7. The molecule has 1 atom stereocenters. The van der Waals surface area contributed by atoms with Gasteiger partial charge in [-0.3, -0.25) is 9.48 Å². The summed E-state index contributed by atoms with van der Waals surface area (Å²) < 4.78 is 1.82. The van der Waals surface area contributed by atoms with E-state index < -0.39 is 5.91 Å². The van der Waals surface area contributed by atoms with Crippen molar-refractivity contribution < 1.29 is 4.79 Å². The Morgan fingerprint density at radius 1 is 1.18 bits per heavy atom. The number of aromatic nitrogens is 5. The highest BCUT2D eigenvalue weighted by Gasteiger charge is 2.18. The van der Waals surface area contributed by atoms with Crippen LogP contribution in [0.25, 0.3) is 0 Å². The summed E-state index contributed by atoms with van der Waals surface area (Å²) in [6.45, 7) is 4.84. The maximum absolute atomic E-state index is 12.5. The van der Waals surface area contributed by atoms with Gasteiger partial charge in [-0.05, 0) is 24.3 Å². The van der Waals surface area contributed by atoms with Gasteiger partial charge in [-0.1, -0.05) is 61.0 Å². The van der Waals surface area contributed by atoms with Crippen LogP contribution in [-0.2, 0) is 6.54 Å². The number of guanidine groups is 1. The topological polar surface area (TPSA) is 176 Å². The fraction of sp³-hybridized carbons (Fsp3) is 0.333. The molecule has 3 aromatic rings. The van der Waals surface area contributed by atoms with E-state index in [1.807, 2.05) is 41.2 Å². The Morgan fingerprint density at radius 2 is 1.91 bits per heavy atom. The van der Waals surface area contributed by atoms with Crippen LogP contribution in [0.1, 0.15) is 60.4 Å². The van der Waals surface area contributed by atoms with E-state index in [1.54, 1.807) is 0 Å². The van der Waals surface area contributed by atoms with Gasteiger partial charge >= 0.3 is 5.91 Å². The molecule has 174 valence electrons. The van der Waals surface area contributed by atoms with Crippen molar-refractivity contribution in [3.8, 4) is 0 Å². The van der Waals surface area contributed by atoms with Gasteiger partial charge in [0.2, 0.25) is 0 Å². The second-order valence-electron chi connectivity index (χ2n) is 7.75. The fourth-order valence-electron chi connectivity index (χ4n) is 3.12. The van der Waals surface area contributed by atoms with Crippen LogP contribution in [0.5, 0.6) is 0 Å². The van der Waals surface area contributed by atoms with Crippen LogP contribution in [0.4, 0.5) is 11.6 Å². The molecule has 7 N–H and O–H groups in total. The summed E-state index contributed by atoms with van der Waals surface area (Å²) in [4.78, 5) is 24.0. The van der Waals surface area contributed by atoms with E-state index in [9.17, 15) is 4.79 Å². The van der Waals surface area contributed by atoms with Crippen LogP contribution in [0.3, 0.4) is 0 Å². The highest BCUT2D eigenvalue weighted by atomic mass is 35.5. The van der Waals surface area contributed by atoms with Gasteiger partial charge in [0.25, 0.3) is 0 Å². The largest absolute Gasteiger partial charge is 0.382 e. The predicted molar refractivity (Wildman–Crippen MR) is 127 cm³/mol. The lowest BCUT2D eigenvalue weighted by Gasteiger charge is -2.19. The number of nitrogen functional groups attached to an aromatic ring is 2. The van der Waals surface area contributed by atoms with Crippen LogP contribution >= 0.6 is 11.6 Å². The Morgan fingerprint density at radius 3 is 2.58 bits per heavy atom. The number of hydrogen-bond acceptors (Lipinski definition) is 7. The molecular formula is C21H27ClN10O. The van der Waals surface area contributed by atoms with Crippen molar-refractivity contribution in [1.82, 2.24) is 30.3 Å². The van der Waals surface area contributed by atoms with Crippen LogP contribution in [-0.4, -0.2) is 36.8 Å². The smallest absolute Gasteiger partial charge is 0.302 e. The summed E-state index contributed by atoms with van der Waals surface area (Å²) in [5, 5.41) is 11.3. The average molecular weight is 471 g/mol. The molecule has 0 spiro atoms. The van der Waals surface area contributed by atoms with E-state index >= 15 is 0 Å². The van der Waals surface area contributed by atoms with E-state index in [1.165, 1.54) is 0 Å². The summed E-state index contributed by atoms with van der Waals surface area (Å²) in [7, 11) is 0. The van der Waals surface area contributed by atoms with E-state index in [0.29, 0.717) is 18.9 Å². The molecule has 0 saturated carbocycles. The van der Waals surface area contributed by atoms with Gasteiger partial charge in [-0.25, -0.2) is 9.97 Å². The molecule has 2 heterocycles. The van der Waals surface area contributed by atoms with Crippen molar-refractivity contribution in [2.45, 2.75) is 45.2 Å². The number of halogens is 1. The molecule has 3 rings (SSSR count). The molecule has 11 nitrogen and oxygen atoms in total. The van der Waals surface area contributed by atoms with E-state index in [0.717, 1.165) is 17.7 Å². The van der Waals surface area contributed by atoms with Gasteiger partial charge in [-0.2, -0.15) is 4.99 Å². The van der Waals surface area contributed by atoms with Gasteiger partial charge in [0.05, 0.1) is 11.7 Å². The first-order valence-corrected chi connectivity index (χ1v) is 10.8. The van der Waals surface area contributed by atoms with Gasteiger partial charge in [-0.15, -0.1) is 5.10 Å². The number of benzene rings is 1. The molecule has 1 aromatic carbocycles.